The molecule has 3 rings (SSSR count). The summed E-state index contributed by atoms with van der Waals surface area (Å²) in [6.45, 7) is 5.01. The number of hydrogen-bond acceptors (Lipinski definition) is 3. The van der Waals surface area contributed by atoms with Crippen molar-refractivity contribution in [3.63, 3.8) is 0 Å². The second-order valence-electron chi connectivity index (χ2n) is 5.89. The van der Waals surface area contributed by atoms with Crippen LogP contribution in [0.25, 0.3) is 0 Å². The molecule has 1 aromatic carbocycles. The van der Waals surface area contributed by atoms with Crippen molar-refractivity contribution < 1.29 is 0 Å². The first-order chi connectivity index (χ1) is 11.2. The van der Waals surface area contributed by atoms with Gasteiger partial charge in [-0.15, -0.1) is 0 Å². The topological polar surface area (TPSA) is 40.2 Å². The van der Waals surface area contributed by atoms with Crippen LogP contribution in [0.15, 0.2) is 42.6 Å². The molecular weight excluding hydrogens is 304 g/mol. The van der Waals surface area contributed by atoms with E-state index in [2.05, 4.69) is 57.8 Å². The Hall–Kier alpha value is -2.14. The zero-order chi connectivity index (χ0) is 16.1. The minimum Gasteiger partial charge on any atom is -0.358 e. The van der Waals surface area contributed by atoms with E-state index in [4.69, 9.17) is 12.2 Å². The van der Waals surface area contributed by atoms with E-state index in [9.17, 15) is 0 Å². The van der Waals surface area contributed by atoms with Crippen LogP contribution < -0.4 is 15.5 Å². The first kappa shape index (κ1) is 15.7. The average molecular weight is 326 g/mol. The van der Waals surface area contributed by atoms with Gasteiger partial charge in [-0.3, -0.25) is 0 Å². The molecule has 23 heavy (non-hydrogen) atoms. The van der Waals surface area contributed by atoms with Gasteiger partial charge in [0.1, 0.15) is 5.82 Å². The molecule has 120 valence electrons. The van der Waals surface area contributed by atoms with Crippen LogP contribution >= 0.6 is 12.2 Å². The lowest BCUT2D eigenvalue weighted by Crippen LogP contribution is -2.28. The van der Waals surface area contributed by atoms with Crippen LogP contribution in [-0.2, 0) is 6.54 Å². The SMILES string of the molecule is Cc1ccc(CNC(=S)Nc2ccc(N3CCCC3)nc2)cc1. The van der Waals surface area contributed by atoms with Gasteiger partial charge in [-0.05, 0) is 49.7 Å². The van der Waals surface area contributed by atoms with Crippen molar-refractivity contribution in [3.05, 3.63) is 53.7 Å². The number of aromatic nitrogens is 1. The summed E-state index contributed by atoms with van der Waals surface area (Å²) in [5, 5.41) is 7.01. The number of anilines is 2. The van der Waals surface area contributed by atoms with Gasteiger partial charge in [0, 0.05) is 19.6 Å². The molecule has 1 aromatic heterocycles. The first-order valence-electron chi connectivity index (χ1n) is 8.02. The van der Waals surface area contributed by atoms with Gasteiger partial charge in [-0.1, -0.05) is 29.8 Å². The van der Waals surface area contributed by atoms with Crippen molar-refractivity contribution in [2.75, 3.05) is 23.3 Å². The normalized spacial score (nSPS) is 13.9. The Morgan fingerprint density at radius 1 is 1.13 bits per heavy atom. The van der Waals surface area contributed by atoms with Crippen molar-refractivity contribution in [2.24, 2.45) is 0 Å². The third-order valence-electron chi connectivity index (χ3n) is 4.01. The fourth-order valence-corrected chi connectivity index (χ4v) is 2.85. The van der Waals surface area contributed by atoms with E-state index >= 15 is 0 Å². The highest BCUT2D eigenvalue weighted by molar-refractivity contribution is 7.80. The minimum atomic E-state index is 0.612. The van der Waals surface area contributed by atoms with Gasteiger partial charge in [0.05, 0.1) is 11.9 Å². The molecule has 0 unspecified atom stereocenters. The molecule has 1 aliphatic rings. The van der Waals surface area contributed by atoms with Crippen molar-refractivity contribution in [2.45, 2.75) is 26.3 Å². The van der Waals surface area contributed by atoms with Crippen LogP contribution in [-0.4, -0.2) is 23.2 Å². The van der Waals surface area contributed by atoms with E-state index in [1.807, 2.05) is 12.3 Å². The fourth-order valence-electron chi connectivity index (χ4n) is 2.66. The molecule has 1 saturated heterocycles. The summed E-state index contributed by atoms with van der Waals surface area (Å²) in [4.78, 5) is 6.83. The van der Waals surface area contributed by atoms with E-state index in [1.165, 1.54) is 24.0 Å². The Morgan fingerprint density at radius 2 is 1.87 bits per heavy atom. The Morgan fingerprint density at radius 3 is 2.52 bits per heavy atom. The third kappa shape index (κ3) is 4.42. The number of nitrogens with zero attached hydrogens (tertiary/aromatic N) is 2. The van der Waals surface area contributed by atoms with Gasteiger partial charge >= 0.3 is 0 Å². The van der Waals surface area contributed by atoms with E-state index in [1.54, 1.807) is 0 Å². The van der Waals surface area contributed by atoms with Crippen LogP contribution in [0.3, 0.4) is 0 Å². The molecule has 4 nitrogen and oxygen atoms in total. The van der Waals surface area contributed by atoms with E-state index in [0.29, 0.717) is 11.7 Å². The molecule has 0 radical (unpaired) electrons. The molecule has 2 aromatic rings. The molecule has 5 heteroatoms. The number of rotatable bonds is 4. The van der Waals surface area contributed by atoms with Gasteiger partial charge in [0.25, 0.3) is 0 Å². The van der Waals surface area contributed by atoms with E-state index in [0.717, 1.165) is 24.6 Å². The van der Waals surface area contributed by atoms with Gasteiger partial charge in [0.2, 0.25) is 0 Å². The zero-order valence-electron chi connectivity index (χ0n) is 13.4. The van der Waals surface area contributed by atoms with Crippen molar-refractivity contribution >= 4 is 28.8 Å². The Kier molecular flexibility index (Phi) is 5.08. The molecule has 0 saturated carbocycles. The smallest absolute Gasteiger partial charge is 0.171 e. The number of pyridine rings is 1. The molecule has 0 atom stereocenters. The van der Waals surface area contributed by atoms with Gasteiger partial charge in [0.15, 0.2) is 5.11 Å². The highest BCUT2D eigenvalue weighted by Crippen LogP contribution is 2.19. The lowest BCUT2D eigenvalue weighted by molar-refractivity contribution is 0.923. The minimum absolute atomic E-state index is 0.612. The summed E-state index contributed by atoms with van der Waals surface area (Å²) in [7, 11) is 0. The lowest BCUT2D eigenvalue weighted by Gasteiger charge is -2.16. The monoisotopic (exact) mass is 326 g/mol. The van der Waals surface area contributed by atoms with Crippen LogP contribution in [0.4, 0.5) is 11.5 Å². The molecule has 1 aliphatic heterocycles. The van der Waals surface area contributed by atoms with Crippen LogP contribution in [0, 0.1) is 6.92 Å². The second-order valence-corrected chi connectivity index (χ2v) is 6.30. The predicted octanol–water partition coefficient (Wildman–Crippen LogP) is 3.48. The molecule has 2 heterocycles. The Bertz CT molecular complexity index is 646. The molecule has 0 amide bonds. The van der Waals surface area contributed by atoms with Gasteiger partial charge < -0.3 is 15.5 Å². The maximum absolute atomic E-state index is 5.34. The number of benzene rings is 1. The lowest BCUT2D eigenvalue weighted by atomic mass is 10.1. The third-order valence-corrected chi connectivity index (χ3v) is 4.26. The maximum atomic E-state index is 5.34. The maximum Gasteiger partial charge on any atom is 0.171 e. The highest BCUT2D eigenvalue weighted by atomic mass is 32.1. The van der Waals surface area contributed by atoms with Crippen molar-refractivity contribution in [1.29, 1.82) is 0 Å². The van der Waals surface area contributed by atoms with E-state index < -0.39 is 0 Å². The van der Waals surface area contributed by atoms with Crippen molar-refractivity contribution in [3.8, 4) is 0 Å². The predicted molar refractivity (Wildman–Crippen MR) is 99.9 cm³/mol. The van der Waals surface area contributed by atoms with Crippen LogP contribution in [0.5, 0.6) is 0 Å². The number of thiocarbonyl (C=S) groups is 1. The summed E-state index contributed by atoms with van der Waals surface area (Å²) < 4.78 is 0. The second kappa shape index (κ2) is 7.42. The summed E-state index contributed by atoms with van der Waals surface area (Å²) >= 11 is 5.34. The van der Waals surface area contributed by atoms with Crippen molar-refractivity contribution in [1.82, 2.24) is 10.3 Å². The standard InChI is InChI=1S/C18H22N4S/c1-14-4-6-15(7-5-14)12-20-18(23)21-16-8-9-17(19-13-16)22-10-2-3-11-22/h4-9,13H,2-3,10-12H2,1H3,(H2,20,21,23). The zero-order valence-corrected chi connectivity index (χ0v) is 14.2. The summed E-state index contributed by atoms with van der Waals surface area (Å²) in [5.41, 5.74) is 3.38. The highest BCUT2D eigenvalue weighted by Gasteiger charge is 2.12. The average Bonchev–Trinajstić information content (AvgIpc) is 3.09. The van der Waals surface area contributed by atoms with Gasteiger partial charge in [-0.25, -0.2) is 4.98 Å². The number of hydrogen-bond donors (Lipinski definition) is 2. The quantitative estimate of drug-likeness (QED) is 0.842. The van der Waals surface area contributed by atoms with Crippen LogP contribution in [0.2, 0.25) is 0 Å². The fraction of sp³-hybridized carbons (Fsp3) is 0.333. The molecular formula is C18H22N4S. The Balaban J connectivity index is 1.50. The van der Waals surface area contributed by atoms with E-state index in [-0.39, 0.29) is 0 Å². The van der Waals surface area contributed by atoms with Crippen LogP contribution in [0.1, 0.15) is 24.0 Å². The summed E-state index contributed by atoms with van der Waals surface area (Å²) in [5.74, 6) is 1.05. The largest absolute Gasteiger partial charge is 0.358 e. The molecule has 0 spiro atoms. The molecule has 1 fully saturated rings. The molecule has 2 N–H and O–H groups in total. The summed E-state index contributed by atoms with van der Waals surface area (Å²) in [6, 6.07) is 12.5. The first-order valence-corrected chi connectivity index (χ1v) is 8.43. The number of aryl methyl sites for hydroxylation is 1. The Labute approximate surface area is 142 Å². The number of nitrogens with one attached hydrogen (secondary N) is 2. The summed E-state index contributed by atoms with van der Waals surface area (Å²) in [6.07, 6.45) is 4.36. The molecule has 0 bridgehead atoms. The van der Waals surface area contributed by atoms with Gasteiger partial charge in [-0.2, -0.15) is 0 Å². The molecule has 0 aliphatic carbocycles.